The number of nitrogens with zero attached hydrogens (tertiary/aromatic N) is 2. The third-order valence-electron chi connectivity index (χ3n) is 6.86. The number of ketones is 1. The molecule has 3 atom stereocenters. The highest BCUT2D eigenvalue weighted by Gasteiger charge is 2.28. The predicted molar refractivity (Wildman–Crippen MR) is 138 cm³/mol. The molecule has 1 saturated carbocycles. The van der Waals surface area contributed by atoms with Crippen molar-refractivity contribution >= 4 is 5.78 Å². The third-order valence-corrected chi connectivity index (χ3v) is 6.86. The molecule has 202 valence electrons. The Morgan fingerprint density at radius 1 is 1.05 bits per heavy atom. The molecule has 2 N–H and O–H groups in total. The van der Waals surface area contributed by atoms with Gasteiger partial charge >= 0.3 is 0 Å². The number of aromatic nitrogens is 2. The first-order chi connectivity index (χ1) is 18.3. The van der Waals surface area contributed by atoms with E-state index in [4.69, 9.17) is 15.2 Å². The van der Waals surface area contributed by atoms with Crippen molar-refractivity contribution in [2.75, 3.05) is 20.3 Å². The normalized spacial score (nSPS) is 19.4. The van der Waals surface area contributed by atoms with E-state index >= 15 is 0 Å². The molecule has 0 bridgehead atoms. The summed E-state index contributed by atoms with van der Waals surface area (Å²) in [6.45, 7) is 2.80. The highest BCUT2D eigenvalue weighted by atomic mass is 19.1. The van der Waals surface area contributed by atoms with E-state index in [1.165, 1.54) is 13.2 Å². The van der Waals surface area contributed by atoms with Crippen molar-refractivity contribution in [1.82, 2.24) is 9.97 Å². The molecular formula is C29H32F3N3O3. The smallest absolute Gasteiger partial charge is 0.185 e. The van der Waals surface area contributed by atoms with Crippen LogP contribution >= 0.6 is 0 Å². The SMILES string of the molecule is COCCCOc1cc(F)c(-c2nc(C(=O)Cc3cnccc3[C@@H]3C[C@H](C)C[C@H](N)C3)ccc2F)c(F)c1. The van der Waals surface area contributed by atoms with E-state index in [0.717, 1.165) is 48.6 Å². The van der Waals surface area contributed by atoms with E-state index in [1.54, 1.807) is 12.4 Å². The maximum atomic E-state index is 14.9. The number of hydrogen-bond donors (Lipinski definition) is 1. The van der Waals surface area contributed by atoms with Gasteiger partial charge in [0.15, 0.2) is 5.78 Å². The second-order valence-electron chi connectivity index (χ2n) is 9.93. The molecule has 1 aliphatic rings. The van der Waals surface area contributed by atoms with E-state index in [1.807, 2.05) is 6.07 Å². The molecule has 1 aliphatic carbocycles. The lowest BCUT2D eigenvalue weighted by Gasteiger charge is -2.32. The number of ether oxygens (including phenoxy) is 2. The van der Waals surface area contributed by atoms with Crippen LogP contribution in [0.25, 0.3) is 11.3 Å². The molecule has 2 heterocycles. The minimum absolute atomic E-state index is 0.0272. The largest absolute Gasteiger partial charge is 0.493 e. The Morgan fingerprint density at radius 2 is 1.82 bits per heavy atom. The zero-order chi connectivity index (χ0) is 27.2. The Hall–Kier alpha value is -3.30. The second-order valence-corrected chi connectivity index (χ2v) is 9.93. The molecule has 3 aromatic rings. The van der Waals surface area contributed by atoms with Crippen LogP contribution in [0.5, 0.6) is 5.75 Å². The summed E-state index contributed by atoms with van der Waals surface area (Å²) >= 11 is 0. The first-order valence-electron chi connectivity index (χ1n) is 12.8. The number of pyridine rings is 2. The zero-order valence-electron chi connectivity index (χ0n) is 21.6. The van der Waals surface area contributed by atoms with Crippen molar-refractivity contribution in [2.24, 2.45) is 11.7 Å². The topological polar surface area (TPSA) is 87.3 Å². The van der Waals surface area contributed by atoms with Gasteiger partial charge in [0.05, 0.1) is 12.2 Å². The molecule has 0 aliphatic heterocycles. The lowest BCUT2D eigenvalue weighted by Crippen LogP contribution is -2.31. The van der Waals surface area contributed by atoms with Crippen LogP contribution in [-0.4, -0.2) is 42.1 Å². The molecule has 1 fully saturated rings. The second kappa shape index (κ2) is 12.5. The van der Waals surface area contributed by atoms with Gasteiger partial charge in [0.2, 0.25) is 0 Å². The molecular weight excluding hydrogens is 495 g/mol. The molecule has 0 amide bonds. The highest BCUT2D eigenvalue weighted by Crippen LogP contribution is 2.37. The molecule has 0 spiro atoms. The maximum absolute atomic E-state index is 14.9. The van der Waals surface area contributed by atoms with Gasteiger partial charge in [-0.3, -0.25) is 9.78 Å². The Labute approximate surface area is 220 Å². The van der Waals surface area contributed by atoms with E-state index in [9.17, 15) is 18.0 Å². The average Bonchev–Trinajstić information content (AvgIpc) is 2.87. The summed E-state index contributed by atoms with van der Waals surface area (Å²) in [5.74, 6) is -2.80. The van der Waals surface area contributed by atoms with Gasteiger partial charge in [-0.25, -0.2) is 18.2 Å². The highest BCUT2D eigenvalue weighted by molar-refractivity contribution is 5.96. The molecule has 38 heavy (non-hydrogen) atoms. The number of nitrogens with two attached hydrogens (primary N) is 1. The Balaban J connectivity index is 1.57. The summed E-state index contributed by atoms with van der Waals surface area (Å²) in [5, 5.41) is 0. The van der Waals surface area contributed by atoms with Crippen molar-refractivity contribution < 1.29 is 27.4 Å². The van der Waals surface area contributed by atoms with Crippen molar-refractivity contribution in [2.45, 2.75) is 51.0 Å². The van der Waals surface area contributed by atoms with Crippen LogP contribution in [0.1, 0.15) is 60.1 Å². The van der Waals surface area contributed by atoms with Crippen molar-refractivity contribution in [3.63, 3.8) is 0 Å². The predicted octanol–water partition coefficient (Wildman–Crippen LogP) is 5.63. The van der Waals surface area contributed by atoms with Crippen molar-refractivity contribution in [1.29, 1.82) is 0 Å². The minimum Gasteiger partial charge on any atom is -0.493 e. The van der Waals surface area contributed by atoms with E-state index < -0.39 is 34.5 Å². The number of benzene rings is 1. The summed E-state index contributed by atoms with van der Waals surface area (Å²) < 4.78 is 54.8. The van der Waals surface area contributed by atoms with Crippen LogP contribution in [0, 0.1) is 23.4 Å². The first kappa shape index (κ1) is 27.7. The van der Waals surface area contributed by atoms with Gasteiger partial charge in [-0.15, -0.1) is 0 Å². The Bertz CT molecular complexity index is 1250. The summed E-state index contributed by atoms with van der Waals surface area (Å²) in [6.07, 6.45) is 6.59. The fourth-order valence-corrected chi connectivity index (χ4v) is 5.18. The standard InChI is InChI=1S/C29H32F3N3O3/c1-17-10-18(12-20(33)11-17)22-6-7-34-16-19(22)13-27(36)26-5-4-23(30)29(35-26)28-24(31)14-21(15-25(28)32)38-9-3-8-37-2/h4-7,14-18,20H,3,8-13,33H2,1-2H3/t17-,18+,20-/m0/s1. The van der Waals surface area contributed by atoms with Gasteiger partial charge in [-0.1, -0.05) is 6.92 Å². The number of carbonyl (C=O) groups is 1. The minimum atomic E-state index is -1.04. The summed E-state index contributed by atoms with van der Waals surface area (Å²) in [5.41, 5.74) is 6.67. The first-order valence-corrected chi connectivity index (χ1v) is 12.8. The fourth-order valence-electron chi connectivity index (χ4n) is 5.18. The molecule has 6 nitrogen and oxygen atoms in total. The number of carbonyl (C=O) groups excluding carboxylic acids is 1. The van der Waals surface area contributed by atoms with Gasteiger partial charge in [-0.05, 0) is 60.4 Å². The Kier molecular flexibility index (Phi) is 9.12. The molecule has 0 radical (unpaired) electrons. The van der Waals surface area contributed by atoms with Crippen LogP contribution in [-0.2, 0) is 11.2 Å². The van der Waals surface area contributed by atoms with Gasteiger partial charge in [0.25, 0.3) is 0 Å². The van der Waals surface area contributed by atoms with Crippen molar-refractivity contribution in [3.05, 3.63) is 77.0 Å². The van der Waals surface area contributed by atoms with Crippen LogP contribution < -0.4 is 10.5 Å². The zero-order valence-corrected chi connectivity index (χ0v) is 21.6. The molecule has 2 aromatic heterocycles. The van der Waals surface area contributed by atoms with Crippen LogP contribution in [0.4, 0.5) is 13.2 Å². The Morgan fingerprint density at radius 3 is 2.53 bits per heavy atom. The number of methoxy groups -OCH3 is 1. The number of Topliss-reactive ketones (excluding diaryl/α,β-unsaturated/α-hetero) is 1. The van der Waals surface area contributed by atoms with Crippen LogP contribution in [0.3, 0.4) is 0 Å². The van der Waals surface area contributed by atoms with E-state index in [2.05, 4.69) is 16.9 Å². The summed E-state index contributed by atoms with van der Waals surface area (Å²) in [7, 11) is 1.54. The van der Waals surface area contributed by atoms with Crippen LogP contribution in [0.2, 0.25) is 0 Å². The maximum Gasteiger partial charge on any atom is 0.185 e. The number of rotatable bonds is 10. The fraction of sp³-hybridized carbons (Fsp3) is 0.414. The van der Waals surface area contributed by atoms with E-state index in [-0.39, 0.29) is 36.4 Å². The summed E-state index contributed by atoms with van der Waals surface area (Å²) in [6, 6.07) is 6.16. The third kappa shape index (κ3) is 6.57. The number of halogens is 3. The lowest BCUT2D eigenvalue weighted by atomic mass is 9.75. The van der Waals surface area contributed by atoms with Gasteiger partial charge in [0.1, 0.15) is 34.6 Å². The van der Waals surface area contributed by atoms with Gasteiger partial charge in [0, 0.05) is 57.1 Å². The van der Waals surface area contributed by atoms with Crippen molar-refractivity contribution in [3.8, 4) is 17.0 Å². The van der Waals surface area contributed by atoms with Gasteiger partial charge < -0.3 is 15.2 Å². The lowest BCUT2D eigenvalue weighted by molar-refractivity contribution is 0.0987. The molecule has 9 heteroatoms. The monoisotopic (exact) mass is 527 g/mol. The quantitative estimate of drug-likeness (QED) is 0.272. The molecule has 1 aromatic carbocycles. The summed E-state index contributed by atoms with van der Waals surface area (Å²) in [4.78, 5) is 21.4. The number of hydrogen-bond acceptors (Lipinski definition) is 6. The molecule has 0 saturated heterocycles. The average molecular weight is 528 g/mol. The van der Waals surface area contributed by atoms with Gasteiger partial charge in [-0.2, -0.15) is 0 Å². The molecule has 4 rings (SSSR count). The van der Waals surface area contributed by atoms with Crippen LogP contribution in [0.15, 0.2) is 42.7 Å². The van der Waals surface area contributed by atoms with E-state index in [0.29, 0.717) is 18.9 Å². The molecule has 0 unspecified atom stereocenters.